The van der Waals surface area contributed by atoms with E-state index in [-0.39, 0.29) is 16.2 Å². The summed E-state index contributed by atoms with van der Waals surface area (Å²) in [6.45, 7) is 2.62. The highest BCUT2D eigenvalue weighted by Gasteiger charge is 2.15. The van der Waals surface area contributed by atoms with Gasteiger partial charge in [-0.05, 0) is 30.8 Å². The van der Waals surface area contributed by atoms with Gasteiger partial charge < -0.3 is 5.11 Å². The average Bonchev–Trinajstić information content (AvgIpc) is 2.94. The topological polar surface area (TPSA) is 70.4 Å². The zero-order valence-electron chi connectivity index (χ0n) is 12.7. The Bertz CT molecular complexity index is 922. The number of fused-ring (bicyclic) bond motifs is 1. The van der Waals surface area contributed by atoms with Crippen LogP contribution in [-0.4, -0.2) is 20.9 Å². The van der Waals surface area contributed by atoms with Crippen molar-refractivity contribution in [1.82, 2.24) is 9.55 Å². The summed E-state index contributed by atoms with van der Waals surface area (Å²) in [5.74, 6) is -0.0996. The lowest BCUT2D eigenvalue weighted by Gasteiger charge is -2.11. The van der Waals surface area contributed by atoms with Crippen LogP contribution in [-0.2, 0) is 6.54 Å². The Morgan fingerprint density at radius 2 is 2.17 bits per heavy atom. The minimum absolute atomic E-state index is 0.0996. The molecule has 1 aliphatic rings. The maximum absolute atomic E-state index is 12.2. The molecule has 1 aliphatic heterocycles. The highest BCUT2D eigenvalue weighted by Crippen LogP contribution is 2.32. The van der Waals surface area contributed by atoms with Gasteiger partial charge in [0.05, 0.1) is 5.69 Å². The van der Waals surface area contributed by atoms with E-state index >= 15 is 0 Å². The van der Waals surface area contributed by atoms with E-state index in [0.717, 1.165) is 29.7 Å². The van der Waals surface area contributed by atoms with Gasteiger partial charge in [-0.1, -0.05) is 31.5 Å². The van der Waals surface area contributed by atoms with E-state index in [9.17, 15) is 9.90 Å². The number of aromatic hydroxyl groups is 1. The number of nitrogens with one attached hydrogen (secondary N) is 1. The Morgan fingerprint density at radius 3 is 2.96 bits per heavy atom. The third-order valence-electron chi connectivity index (χ3n) is 3.80. The Kier molecular flexibility index (Phi) is 4.25. The molecule has 6 heteroatoms. The monoisotopic (exact) mass is 327 g/mol. The number of benzene rings is 1. The molecule has 0 bridgehead atoms. The van der Waals surface area contributed by atoms with Crippen LogP contribution in [0.3, 0.4) is 0 Å². The second kappa shape index (κ2) is 6.34. The lowest BCUT2D eigenvalue weighted by atomic mass is 10.1. The van der Waals surface area contributed by atoms with Crippen molar-refractivity contribution in [2.75, 3.05) is 0 Å². The Hall–Kier alpha value is -2.47. The van der Waals surface area contributed by atoms with Gasteiger partial charge in [-0.2, -0.15) is 0 Å². The van der Waals surface area contributed by atoms with Crippen LogP contribution in [0.15, 0.2) is 34.1 Å². The van der Waals surface area contributed by atoms with Gasteiger partial charge in [0.2, 0.25) is 5.88 Å². The number of hydrogen-bond acceptors (Lipinski definition) is 4. The van der Waals surface area contributed by atoms with Crippen molar-refractivity contribution in [3.63, 3.8) is 0 Å². The molecule has 0 radical (unpaired) electrons. The molecule has 0 amide bonds. The lowest BCUT2D eigenvalue weighted by Crippen LogP contribution is -2.17. The summed E-state index contributed by atoms with van der Waals surface area (Å²) in [6.07, 6.45) is 5.19. The highest BCUT2D eigenvalue weighted by atomic mass is 32.1. The maximum Gasteiger partial charge on any atom is 0.262 e. The van der Waals surface area contributed by atoms with Crippen molar-refractivity contribution in [3.05, 3.63) is 50.5 Å². The van der Waals surface area contributed by atoms with E-state index in [0.29, 0.717) is 6.54 Å². The molecule has 0 atom stereocenters. The maximum atomic E-state index is 12.2. The second-order valence-electron chi connectivity index (χ2n) is 5.38. The van der Waals surface area contributed by atoms with Crippen LogP contribution in [0, 0.1) is 4.77 Å². The largest absolute Gasteiger partial charge is 0.494 e. The van der Waals surface area contributed by atoms with Crippen molar-refractivity contribution in [3.8, 4) is 5.88 Å². The molecule has 118 valence electrons. The Morgan fingerprint density at radius 1 is 1.39 bits per heavy atom. The molecule has 23 heavy (non-hydrogen) atoms. The second-order valence-corrected chi connectivity index (χ2v) is 5.76. The van der Waals surface area contributed by atoms with Gasteiger partial charge in [0.25, 0.3) is 5.56 Å². The Balaban J connectivity index is 2.11. The number of aromatic nitrogens is 2. The summed E-state index contributed by atoms with van der Waals surface area (Å²) in [5.41, 5.74) is 2.39. The van der Waals surface area contributed by atoms with Gasteiger partial charge in [0, 0.05) is 23.9 Å². The van der Waals surface area contributed by atoms with Crippen molar-refractivity contribution in [2.45, 2.75) is 26.3 Å². The molecule has 0 unspecified atom stereocenters. The summed E-state index contributed by atoms with van der Waals surface area (Å²) in [5, 5.41) is 10.5. The van der Waals surface area contributed by atoms with E-state index in [1.807, 2.05) is 24.3 Å². The summed E-state index contributed by atoms with van der Waals surface area (Å²) in [4.78, 5) is 19.1. The third-order valence-corrected chi connectivity index (χ3v) is 4.12. The van der Waals surface area contributed by atoms with E-state index in [2.05, 4.69) is 16.9 Å². The van der Waals surface area contributed by atoms with Crippen LogP contribution < -0.4 is 5.56 Å². The molecule has 0 aliphatic carbocycles. The first kappa shape index (κ1) is 15.4. The van der Waals surface area contributed by atoms with Gasteiger partial charge in [-0.25, -0.2) is 0 Å². The first-order valence-electron chi connectivity index (χ1n) is 7.53. The molecule has 0 spiro atoms. The van der Waals surface area contributed by atoms with E-state index < -0.39 is 5.56 Å². The fourth-order valence-electron chi connectivity index (χ4n) is 2.54. The fourth-order valence-corrected chi connectivity index (χ4v) is 2.81. The Labute approximate surface area is 138 Å². The quantitative estimate of drug-likeness (QED) is 0.842. The van der Waals surface area contributed by atoms with Crippen LogP contribution in [0.1, 0.15) is 30.9 Å². The summed E-state index contributed by atoms with van der Waals surface area (Å²) in [7, 11) is 0. The zero-order chi connectivity index (χ0) is 16.4. The predicted octanol–water partition coefficient (Wildman–Crippen LogP) is 3.67. The minimum atomic E-state index is -0.398. The molecule has 3 rings (SSSR count). The first-order chi connectivity index (χ1) is 11.1. The van der Waals surface area contributed by atoms with E-state index in [1.54, 1.807) is 16.9 Å². The standard InChI is InChI=1S/C17H17N3O2S/c1-2-3-8-20-16(22)13(15(21)19-17(20)23)9-11-10-18-14-7-5-4-6-12(11)14/h4-7,9-10,22H,2-3,8H2,1H3,(H,19,21,23)/b11-9+. The van der Waals surface area contributed by atoms with Gasteiger partial charge >= 0.3 is 0 Å². The fraction of sp³-hybridized carbons (Fsp3) is 0.235. The number of nitrogens with zero attached hydrogens (tertiary/aromatic N) is 2. The van der Waals surface area contributed by atoms with Crippen LogP contribution in [0.5, 0.6) is 5.88 Å². The van der Waals surface area contributed by atoms with Gasteiger partial charge in [0.15, 0.2) is 4.77 Å². The molecule has 5 nitrogen and oxygen atoms in total. The van der Waals surface area contributed by atoms with Gasteiger partial charge in [-0.3, -0.25) is 19.3 Å². The van der Waals surface area contributed by atoms with Crippen molar-refractivity contribution < 1.29 is 5.11 Å². The lowest BCUT2D eigenvalue weighted by molar-refractivity contribution is 0.398. The van der Waals surface area contributed by atoms with E-state index in [4.69, 9.17) is 12.2 Å². The summed E-state index contributed by atoms with van der Waals surface area (Å²) in [6, 6.07) is 7.67. The van der Waals surface area contributed by atoms with Crippen LogP contribution in [0.25, 0.3) is 11.6 Å². The highest BCUT2D eigenvalue weighted by molar-refractivity contribution is 7.71. The summed E-state index contributed by atoms with van der Waals surface area (Å²) >= 11 is 5.15. The number of para-hydroxylation sites is 1. The van der Waals surface area contributed by atoms with Crippen molar-refractivity contribution in [1.29, 1.82) is 0 Å². The molecule has 1 aromatic heterocycles. The number of aliphatic imine (C=N–C) groups is 1. The zero-order valence-corrected chi connectivity index (χ0v) is 13.6. The van der Waals surface area contributed by atoms with Crippen LogP contribution >= 0.6 is 12.2 Å². The van der Waals surface area contributed by atoms with E-state index in [1.165, 1.54) is 0 Å². The molecule has 0 saturated heterocycles. The summed E-state index contributed by atoms with van der Waals surface area (Å²) < 4.78 is 1.80. The van der Waals surface area contributed by atoms with Gasteiger partial charge in [-0.15, -0.1) is 0 Å². The molecule has 0 fully saturated rings. The first-order valence-corrected chi connectivity index (χ1v) is 7.94. The molecular weight excluding hydrogens is 310 g/mol. The van der Waals surface area contributed by atoms with Crippen molar-refractivity contribution >= 4 is 35.8 Å². The molecule has 2 heterocycles. The SMILES string of the molecule is CCCCn1c(O)c(/C=C2\C=Nc3ccccc32)c(=O)[nH]c1=S. The predicted molar refractivity (Wildman–Crippen MR) is 94.9 cm³/mol. The number of allylic oxidation sites excluding steroid dienone is 1. The van der Waals surface area contributed by atoms with Crippen LogP contribution in [0.4, 0.5) is 5.69 Å². The number of aromatic amines is 1. The molecule has 2 aromatic rings. The number of H-pyrrole nitrogens is 1. The molecular formula is C17H17N3O2S. The number of unbranched alkanes of at least 4 members (excludes halogenated alkanes) is 1. The third kappa shape index (κ3) is 2.90. The molecule has 2 N–H and O–H groups in total. The smallest absolute Gasteiger partial charge is 0.262 e. The van der Waals surface area contributed by atoms with Gasteiger partial charge in [0.1, 0.15) is 5.56 Å². The average molecular weight is 327 g/mol. The molecule has 0 saturated carbocycles. The van der Waals surface area contributed by atoms with Crippen LogP contribution in [0.2, 0.25) is 0 Å². The normalized spacial score (nSPS) is 14.4. The van der Waals surface area contributed by atoms with Crippen molar-refractivity contribution in [2.24, 2.45) is 4.99 Å². The number of rotatable bonds is 4. The minimum Gasteiger partial charge on any atom is -0.494 e. The molecule has 1 aromatic carbocycles. The number of hydrogen-bond donors (Lipinski definition) is 2.